The molecule has 1 heterocycles. The van der Waals surface area contributed by atoms with E-state index in [2.05, 4.69) is 21.9 Å². The summed E-state index contributed by atoms with van der Waals surface area (Å²) in [6.07, 6.45) is 3.28. The predicted molar refractivity (Wildman–Crippen MR) is 50.2 cm³/mol. The van der Waals surface area contributed by atoms with Crippen molar-refractivity contribution in [3.63, 3.8) is 0 Å². The van der Waals surface area contributed by atoms with Crippen molar-refractivity contribution in [1.29, 1.82) is 0 Å². The van der Waals surface area contributed by atoms with Crippen LogP contribution >= 0.6 is 21.5 Å². The van der Waals surface area contributed by atoms with Crippen molar-refractivity contribution in [3.8, 4) is 0 Å². The third-order valence-corrected chi connectivity index (χ3v) is 3.03. The van der Waals surface area contributed by atoms with Gasteiger partial charge in [-0.05, 0) is 12.1 Å². The Bertz CT molecular complexity index is 261. The molecule has 0 aromatic carbocycles. The highest BCUT2D eigenvalue weighted by Gasteiger charge is 1.96. The Hall–Kier alpha value is -0.310. The molecule has 1 rings (SSSR count). The largest absolute Gasteiger partial charge is 0.329 e. The van der Waals surface area contributed by atoms with Gasteiger partial charge in [-0.15, -0.1) is 0 Å². The fourth-order valence-electron chi connectivity index (χ4n) is 0.253. The van der Waals surface area contributed by atoms with Crippen molar-refractivity contribution < 1.29 is 13.0 Å². The summed E-state index contributed by atoms with van der Waals surface area (Å²) in [5.41, 5.74) is 0. The SMILES string of the molecule is O=S(=O)(O)SS.c1ccnnc1. The highest BCUT2D eigenvalue weighted by molar-refractivity contribution is 9.01. The van der Waals surface area contributed by atoms with Crippen molar-refractivity contribution in [3.05, 3.63) is 24.5 Å². The van der Waals surface area contributed by atoms with Gasteiger partial charge in [0.15, 0.2) is 0 Å². The first kappa shape index (κ1) is 11.7. The smallest absolute Gasteiger partial charge is 0.277 e. The molecule has 0 unspecified atom stereocenters. The number of hydrogen-bond donors (Lipinski definition) is 2. The molecule has 5 nitrogen and oxygen atoms in total. The van der Waals surface area contributed by atoms with Crippen molar-refractivity contribution in [2.24, 2.45) is 0 Å². The van der Waals surface area contributed by atoms with Gasteiger partial charge < -0.3 is 0 Å². The summed E-state index contributed by atoms with van der Waals surface area (Å²) in [4.78, 5) is 0. The highest BCUT2D eigenvalue weighted by atomic mass is 33.5. The van der Waals surface area contributed by atoms with Crippen LogP contribution in [0.3, 0.4) is 0 Å². The summed E-state index contributed by atoms with van der Waals surface area (Å²) in [6.45, 7) is 0. The Balaban J connectivity index is 0.000000202. The van der Waals surface area contributed by atoms with E-state index in [9.17, 15) is 8.42 Å². The van der Waals surface area contributed by atoms with Crippen LogP contribution in [0.2, 0.25) is 0 Å². The van der Waals surface area contributed by atoms with Crippen molar-refractivity contribution >= 4 is 30.6 Å². The molecule has 1 aromatic heterocycles. The van der Waals surface area contributed by atoms with E-state index < -0.39 is 9.15 Å². The molecule has 0 aliphatic heterocycles. The Morgan fingerprint density at radius 1 is 1.25 bits per heavy atom. The standard InChI is InChI=1S/C4H4N2.H2O3S3/c1-2-4-6-5-3-1;1-6(2,3)5-4/h1-4H;4H,(H,1,2,3). The topological polar surface area (TPSA) is 80.2 Å². The van der Waals surface area contributed by atoms with Crippen molar-refractivity contribution in [1.82, 2.24) is 10.2 Å². The van der Waals surface area contributed by atoms with Crippen LogP contribution in [0.25, 0.3) is 0 Å². The van der Waals surface area contributed by atoms with Gasteiger partial charge >= 0.3 is 9.15 Å². The highest BCUT2D eigenvalue weighted by Crippen LogP contribution is 2.11. The van der Waals surface area contributed by atoms with Gasteiger partial charge in [-0.3, -0.25) is 4.55 Å². The van der Waals surface area contributed by atoms with Gasteiger partial charge in [0.2, 0.25) is 0 Å². The third kappa shape index (κ3) is 9.69. The maximum Gasteiger partial charge on any atom is 0.329 e. The zero-order valence-electron chi connectivity index (χ0n) is 5.73. The Morgan fingerprint density at radius 2 is 1.58 bits per heavy atom. The first-order valence-electron chi connectivity index (χ1n) is 2.58. The molecular formula is C4H6N2O3S3. The number of hydrogen-bond acceptors (Lipinski definition) is 6. The van der Waals surface area contributed by atoms with Crippen LogP contribution in [0.1, 0.15) is 0 Å². The molecule has 68 valence electrons. The van der Waals surface area contributed by atoms with Gasteiger partial charge in [0, 0.05) is 12.4 Å². The summed E-state index contributed by atoms with van der Waals surface area (Å²) >= 11 is 3.18. The number of aromatic nitrogens is 2. The molecule has 0 spiro atoms. The van der Waals surface area contributed by atoms with E-state index in [0.29, 0.717) is 0 Å². The molecule has 0 radical (unpaired) electrons. The van der Waals surface area contributed by atoms with Crippen LogP contribution in [0.15, 0.2) is 24.5 Å². The third-order valence-electron chi connectivity index (χ3n) is 0.577. The summed E-state index contributed by atoms with van der Waals surface area (Å²) in [5, 5.41) is 7.07. The lowest BCUT2D eigenvalue weighted by Gasteiger charge is -1.77. The molecule has 0 fully saturated rings. The minimum absolute atomic E-state index is 0.104. The van der Waals surface area contributed by atoms with Crippen LogP contribution in [0.5, 0.6) is 0 Å². The van der Waals surface area contributed by atoms with E-state index in [1.165, 1.54) is 0 Å². The van der Waals surface area contributed by atoms with Crippen molar-refractivity contribution in [2.45, 2.75) is 0 Å². The average Bonchev–Trinajstić information content (AvgIpc) is 2.07. The van der Waals surface area contributed by atoms with Crippen LogP contribution < -0.4 is 0 Å². The van der Waals surface area contributed by atoms with E-state index in [1.807, 2.05) is 12.1 Å². The Morgan fingerprint density at radius 3 is 1.67 bits per heavy atom. The molecule has 1 N–H and O–H groups in total. The molecule has 0 aliphatic rings. The quantitative estimate of drug-likeness (QED) is 0.420. The Labute approximate surface area is 78.6 Å². The van der Waals surface area contributed by atoms with Gasteiger partial charge in [-0.2, -0.15) is 18.6 Å². The molecule has 0 saturated carbocycles. The molecular weight excluding hydrogens is 220 g/mol. The lowest BCUT2D eigenvalue weighted by atomic mass is 10.6. The number of thiol groups is 1. The molecule has 1 aromatic rings. The van der Waals surface area contributed by atoms with E-state index >= 15 is 0 Å². The molecule has 0 amide bonds. The monoisotopic (exact) mass is 226 g/mol. The fraction of sp³-hybridized carbons (Fsp3) is 0. The minimum Gasteiger partial charge on any atom is -0.277 e. The van der Waals surface area contributed by atoms with Gasteiger partial charge in [-0.25, -0.2) is 0 Å². The van der Waals surface area contributed by atoms with Gasteiger partial charge in [0.1, 0.15) is 0 Å². The molecule has 0 atom stereocenters. The zero-order chi connectivity index (χ0) is 9.45. The van der Waals surface area contributed by atoms with Gasteiger partial charge in [-0.1, -0.05) is 11.7 Å². The van der Waals surface area contributed by atoms with E-state index in [-0.39, 0.29) is 9.83 Å². The maximum atomic E-state index is 9.44. The van der Waals surface area contributed by atoms with E-state index in [1.54, 1.807) is 12.4 Å². The number of nitrogens with zero attached hydrogens (tertiary/aromatic N) is 2. The summed E-state index contributed by atoms with van der Waals surface area (Å²) < 4.78 is 26.6. The lowest BCUT2D eigenvalue weighted by Crippen LogP contribution is -1.82. The zero-order valence-corrected chi connectivity index (χ0v) is 8.26. The first-order valence-corrected chi connectivity index (χ1v) is 6.41. The predicted octanol–water partition coefficient (Wildman–Crippen LogP) is 0.844. The molecule has 0 saturated heterocycles. The van der Waals surface area contributed by atoms with Gasteiger partial charge in [0.25, 0.3) is 0 Å². The minimum atomic E-state index is -3.88. The Kier molecular flexibility index (Phi) is 6.07. The maximum absolute atomic E-state index is 9.44. The first-order chi connectivity index (χ1) is 5.56. The average molecular weight is 226 g/mol. The summed E-state index contributed by atoms with van der Waals surface area (Å²) in [5.74, 6) is 0. The van der Waals surface area contributed by atoms with Crippen LogP contribution in [0, 0.1) is 0 Å². The second kappa shape index (κ2) is 6.23. The lowest BCUT2D eigenvalue weighted by molar-refractivity contribution is 0.503. The molecule has 0 bridgehead atoms. The van der Waals surface area contributed by atoms with Gasteiger partial charge in [0.05, 0.1) is 9.83 Å². The summed E-state index contributed by atoms with van der Waals surface area (Å²) in [6, 6.07) is 3.65. The summed E-state index contributed by atoms with van der Waals surface area (Å²) in [7, 11) is -3.78. The molecule has 8 heteroatoms. The molecule has 0 aliphatic carbocycles. The van der Waals surface area contributed by atoms with Crippen molar-refractivity contribution in [2.75, 3.05) is 0 Å². The normalized spacial score (nSPS) is 9.83. The number of rotatable bonds is 1. The second-order valence-electron chi connectivity index (χ2n) is 1.42. The van der Waals surface area contributed by atoms with Crippen LogP contribution in [-0.2, 0) is 9.15 Å². The van der Waals surface area contributed by atoms with E-state index in [4.69, 9.17) is 4.55 Å². The molecule has 12 heavy (non-hydrogen) atoms. The second-order valence-corrected chi connectivity index (χ2v) is 5.47. The van der Waals surface area contributed by atoms with E-state index in [0.717, 1.165) is 0 Å². The van der Waals surface area contributed by atoms with Crippen LogP contribution in [-0.4, -0.2) is 23.2 Å². The fourth-order valence-corrected chi connectivity index (χ4v) is 0.253. The van der Waals surface area contributed by atoms with Crippen LogP contribution in [0.4, 0.5) is 0 Å².